The Hall–Kier alpha value is -0.890. The number of hydrogen-bond acceptors (Lipinski definition) is 3. The Kier molecular flexibility index (Phi) is 7.92. The number of nitrogens with one attached hydrogen (secondary N) is 2. The minimum absolute atomic E-state index is 0. The van der Waals surface area contributed by atoms with Crippen LogP contribution in [-0.4, -0.2) is 40.2 Å². The van der Waals surface area contributed by atoms with Gasteiger partial charge < -0.3 is 43.8 Å². The maximum atomic E-state index is 4.89. The summed E-state index contributed by atoms with van der Waals surface area (Å²) in [6.07, 6.45) is 8.75. The number of rotatable bonds is 4. The van der Waals surface area contributed by atoms with Gasteiger partial charge in [-0.3, -0.25) is 0 Å². The summed E-state index contributed by atoms with van der Waals surface area (Å²) in [6.45, 7) is 10.8. The standard InChI is InChI=1S/C17H25N5.2BrH/c1-14(2)19-8-10-21(12-19)16-6-5-7-17(18-16)22-11-9-20(13-22)15(3)4;;/h5-11,14-15H,12-13H2,1-4H3;2*1H. The second-order valence-electron chi connectivity index (χ2n) is 6.62. The smallest absolute Gasteiger partial charge is 0.237 e. The number of quaternary nitrogens is 2. The SMILES string of the molecule is CC(C)N1C=C[NH+](c2cccc([NH+]3C=CN(C(C)C)C3)n2)C1.[Br-].[Br-]. The van der Waals surface area contributed by atoms with Crippen molar-refractivity contribution in [2.75, 3.05) is 13.3 Å². The van der Waals surface area contributed by atoms with Crippen molar-refractivity contribution in [3.05, 3.63) is 43.0 Å². The zero-order valence-corrected chi connectivity index (χ0v) is 17.9. The zero-order valence-electron chi connectivity index (χ0n) is 14.7. The van der Waals surface area contributed by atoms with Crippen LogP contribution in [0.3, 0.4) is 0 Å². The summed E-state index contributed by atoms with van der Waals surface area (Å²) < 4.78 is 0. The molecule has 2 aliphatic rings. The lowest BCUT2D eigenvalue weighted by Crippen LogP contribution is -3.04. The lowest BCUT2D eigenvalue weighted by molar-refractivity contribution is -0.790. The van der Waals surface area contributed by atoms with Crippen molar-refractivity contribution in [3.8, 4) is 0 Å². The first-order chi connectivity index (χ1) is 10.5. The van der Waals surface area contributed by atoms with Crippen LogP contribution in [0.4, 0.5) is 11.6 Å². The highest BCUT2D eigenvalue weighted by atomic mass is 79.9. The molecule has 0 saturated carbocycles. The van der Waals surface area contributed by atoms with E-state index in [1.807, 2.05) is 0 Å². The van der Waals surface area contributed by atoms with E-state index in [1.54, 1.807) is 0 Å². The first kappa shape index (κ1) is 21.2. The van der Waals surface area contributed by atoms with E-state index in [4.69, 9.17) is 4.98 Å². The molecule has 1 aromatic heterocycles. The normalized spacial score (nSPS) is 22.2. The Bertz CT molecular complexity index is 541. The molecule has 2 aliphatic heterocycles. The Morgan fingerprint density at radius 1 is 0.833 bits per heavy atom. The van der Waals surface area contributed by atoms with Gasteiger partial charge in [-0.15, -0.1) is 4.98 Å². The fourth-order valence-electron chi connectivity index (χ4n) is 2.81. The van der Waals surface area contributed by atoms with Gasteiger partial charge in [0.2, 0.25) is 11.6 Å². The largest absolute Gasteiger partial charge is 1.00 e. The molecule has 134 valence electrons. The van der Waals surface area contributed by atoms with Crippen LogP contribution in [0.5, 0.6) is 0 Å². The molecule has 0 radical (unpaired) electrons. The first-order valence-electron chi connectivity index (χ1n) is 8.12. The Morgan fingerprint density at radius 3 is 1.58 bits per heavy atom. The van der Waals surface area contributed by atoms with Gasteiger partial charge in [0.05, 0.1) is 12.4 Å². The van der Waals surface area contributed by atoms with Gasteiger partial charge in [0.15, 0.2) is 13.3 Å². The van der Waals surface area contributed by atoms with Crippen molar-refractivity contribution in [1.29, 1.82) is 0 Å². The average Bonchev–Trinajstić information content (AvgIpc) is 3.17. The Balaban J connectivity index is 0.00000144. The quantitative estimate of drug-likeness (QED) is 0.469. The van der Waals surface area contributed by atoms with E-state index in [9.17, 15) is 0 Å². The molecule has 0 aliphatic carbocycles. The molecule has 0 aromatic carbocycles. The van der Waals surface area contributed by atoms with E-state index in [0.29, 0.717) is 12.1 Å². The summed E-state index contributed by atoms with van der Waals surface area (Å²) in [6, 6.07) is 7.42. The summed E-state index contributed by atoms with van der Waals surface area (Å²) in [4.78, 5) is 12.2. The topological polar surface area (TPSA) is 28.2 Å². The van der Waals surface area contributed by atoms with Crippen LogP contribution in [0.1, 0.15) is 27.7 Å². The van der Waals surface area contributed by atoms with E-state index in [2.05, 4.69) is 80.5 Å². The molecule has 2 N–H and O–H groups in total. The molecule has 2 unspecified atom stereocenters. The van der Waals surface area contributed by atoms with Gasteiger partial charge in [-0.2, -0.15) is 0 Å². The highest BCUT2D eigenvalue weighted by Gasteiger charge is 2.26. The summed E-state index contributed by atoms with van der Waals surface area (Å²) in [5, 5.41) is 0. The molecule has 3 rings (SSSR count). The van der Waals surface area contributed by atoms with Gasteiger partial charge in [0.25, 0.3) is 0 Å². The van der Waals surface area contributed by atoms with Gasteiger partial charge in [-0.25, -0.2) is 9.80 Å². The molecule has 3 heterocycles. The lowest BCUT2D eigenvalue weighted by Gasteiger charge is -2.21. The van der Waals surface area contributed by atoms with Gasteiger partial charge >= 0.3 is 0 Å². The molecule has 1 aromatic rings. The van der Waals surface area contributed by atoms with Crippen LogP contribution in [0.2, 0.25) is 0 Å². The summed E-state index contributed by atoms with van der Waals surface area (Å²) in [5.41, 5.74) is 0. The van der Waals surface area contributed by atoms with Crippen molar-refractivity contribution < 1.29 is 43.8 Å². The maximum Gasteiger partial charge on any atom is 0.237 e. The van der Waals surface area contributed by atoms with E-state index < -0.39 is 0 Å². The van der Waals surface area contributed by atoms with Crippen LogP contribution in [-0.2, 0) is 0 Å². The molecule has 0 spiro atoms. The van der Waals surface area contributed by atoms with Gasteiger partial charge in [-0.05, 0) is 33.8 Å². The van der Waals surface area contributed by atoms with Crippen LogP contribution < -0.4 is 43.8 Å². The fraction of sp³-hybridized carbons (Fsp3) is 0.471. The third-order valence-corrected chi connectivity index (χ3v) is 4.37. The minimum atomic E-state index is 0. The van der Waals surface area contributed by atoms with Crippen LogP contribution in [0, 0.1) is 0 Å². The predicted octanol–water partition coefficient (Wildman–Crippen LogP) is -5.57. The summed E-state index contributed by atoms with van der Waals surface area (Å²) in [7, 11) is 0. The minimum Gasteiger partial charge on any atom is -1.00 e. The summed E-state index contributed by atoms with van der Waals surface area (Å²) in [5.74, 6) is 2.20. The average molecular weight is 461 g/mol. The molecule has 7 heteroatoms. The van der Waals surface area contributed by atoms with Crippen molar-refractivity contribution in [3.63, 3.8) is 0 Å². The predicted molar refractivity (Wildman–Crippen MR) is 87.4 cm³/mol. The van der Waals surface area contributed by atoms with Crippen LogP contribution in [0.15, 0.2) is 43.0 Å². The maximum absolute atomic E-state index is 4.89. The fourth-order valence-corrected chi connectivity index (χ4v) is 2.81. The number of halogens is 2. The van der Waals surface area contributed by atoms with Gasteiger partial charge in [0.1, 0.15) is 12.4 Å². The van der Waals surface area contributed by atoms with Crippen molar-refractivity contribution in [2.24, 2.45) is 0 Å². The number of aromatic nitrogens is 1. The monoisotopic (exact) mass is 459 g/mol. The van der Waals surface area contributed by atoms with E-state index in [1.165, 1.54) is 9.80 Å². The molecule has 0 fully saturated rings. The molecule has 0 bridgehead atoms. The van der Waals surface area contributed by atoms with Gasteiger partial charge in [0, 0.05) is 24.2 Å². The molecule has 5 nitrogen and oxygen atoms in total. The number of nitrogens with zero attached hydrogens (tertiary/aromatic N) is 3. The highest BCUT2D eigenvalue weighted by Crippen LogP contribution is 2.08. The van der Waals surface area contributed by atoms with E-state index in [-0.39, 0.29) is 34.0 Å². The van der Waals surface area contributed by atoms with E-state index in [0.717, 1.165) is 25.0 Å². The third kappa shape index (κ3) is 4.59. The van der Waals surface area contributed by atoms with Crippen molar-refractivity contribution >= 4 is 11.6 Å². The number of hydrogen-bond donors (Lipinski definition) is 2. The molecule has 0 saturated heterocycles. The van der Waals surface area contributed by atoms with Crippen molar-refractivity contribution in [1.82, 2.24) is 14.8 Å². The first-order valence-corrected chi connectivity index (χ1v) is 8.12. The molecular formula is C17H27Br2N5. The van der Waals surface area contributed by atoms with E-state index >= 15 is 0 Å². The second-order valence-corrected chi connectivity index (χ2v) is 6.62. The third-order valence-electron chi connectivity index (χ3n) is 4.37. The van der Waals surface area contributed by atoms with Crippen molar-refractivity contribution in [2.45, 2.75) is 39.8 Å². The Labute approximate surface area is 166 Å². The lowest BCUT2D eigenvalue weighted by atomic mass is 10.3. The zero-order chi connectivity index (χ0) is 15.7. The molecular weight excluding hydrogens is 434 g/mol. The second kappa shape index (κ2) is 8.99. The highest BCUT2D eigenvalue weighted by molar-refractivity contribution is 5.29. The molecule has 0 amide bonds. The Morgan fingerprint density at radius 2 is 1.25 bits per heavy atom. The molecule has 24 heavy (non-hydrogen) atoms. The molecule has 2 atom stereocenters. The van der Waals surface area contributed by atoms with Crippen LogP contribution in [0.25, 0.3) is 0 Å². The van der Waals surface area contributed by atoms with Gasteiger partial charge in [-0.1, -0.05) is 0 Å². The summed E-state index contributed by atoms with van der Waals surface area (Å²) >= 11 is 0. The van der Waals surface area contributed by atoms with Crippen LogP contribution >= 0.6 is 0 Å². The number of pyridine rings is 1.